The lowest BCUT2D eigenvalue weighted by Crippen LogP contribution is -2.32. The molecule has 0 bridgehead atoms. The van der Waals surface area contributed by atoms with Crippen molar-refractivity contribution in [3.8, 4) is 5.75 Å². The van der Waals surface area contributed by atoms with Crippen LogP contribution in [-0.4, -0.2) is 18.6 Å². The highest BCUT2D eigenvalue weighted by Crippen LogP contribution is 2.31. The van der Waals surface area contributed by atoms with Gasteiger partial charge in [-0.1, -0.05) is 47.4 Å². The third-order valence-electron chi connectivity index (χ3n) is 2.67. The summed E-state index contributed by atoms with van der Waals surface area (Å²) >= 11 is 9.56. The van der Waals surface area contributed by atoms with E-state index in [0.717, 1.165) is 17.7 Å². The topological polar surface area (TPSA) is 21.3 Å². The number of benzene rings is 1. The van der Waals surface area contributed by atoms with Crippen LogP contribution in [0.4, 0.5) is 0 Å². The SMILES string of the molecule is CCOc1ccc(C(C)(C)CNCBr)cc1Cl. The first kappa shape index (κ1) is 14.8. The lowest BCUT2D eigenvalue weighted by molar-refractivity contribution is 0.340. The quantitative estimate of drug-likeness (QED) is 0.633. The van der Waals surface area contributed by atoms with Gasteiger partial charge in [0.2, 0.25) is 0 Å². The molecule has 0 aliphatic carbocycles. The summed E-state index contributed by atoms with van der Waals surface area (Å²) in [5.41, 5.74) is 2.04. The van der Waals surface area contributed by atoms with E-state index in [1.807, 2.05) is 19.1 Å². The van der Waals surface area contributed by atoms with Crippen LogP contribution in [0.5, 0.6) is 5.75 Å². The maximum atomic E-state index is 6.19. The molecule has 0 saturated heterocycles. The monoisotopic (exact) mass is 319 g/mol. The Balaban J connectivity index is 2.88. The Hall–Kier alpha value is -0.250. The van der Waals surface area contributed by atoms with Crippen LogP contribution in [0.3, 0.4) is 0 Å². The molecule has 4 heteroatoms. The summed E-state index contributed by atoms with van der Waals surface area (Å²) in [6.45, 7) is 7.85. The van der Waals surface area contributed by atoms with E-state index in [9.17, 15) is 0 Å². The summed E-state index contributed by atoms with van der Waals surface area (Å²) in [5, 5.41) is 3.97. The second-order valence-electron chi connectivity index (χ2n) is 4.52. The van der Waals surface area contributed by atoms with Crippen molar-refractivity contribution in [3.63, 3.8) is 0 Å². The van der Waals surface area contributed by atoms with Crippen molar-refractivity contribution >= 4 is 27.5 Å². The maximum Gasteiger partial charge on any atom is 0.137 e. The van der Waals surface area contributed by atoms with E-state index in [-0.39, 0.29) is 5.41 Å². The first-order valence-electron chi connectivity index (χ1n) is 5.70. The third kappa shape index (κ3) is 4.16. The minimum Gasteiger partial charge on any atom is -0.492 e. The van der Waals surface area contributed by atoms with Crippen molar-refractivity contribution in [1.29, 1.82) is 0 Å². The van der Waals surface area contributed by atoms with E-state index in [1.165, 1.54) is 5.56 Å². The van der Waals surface area contributed by atoms with Crippen LogP contribution >= 0.6 is 27.5 Å². The van der Waals surface area contributed by atoms with Crippen molar-refractivity contribution in [2.75, 3.05) is 18.6 Å². The largest absolute Gasteiger partial charge is 0.492 e. The van der Waals surface area contributed by atoms with Crippen LogP contribution in [-0.2, 0) is 5.41 Å². The molecule has 0 amide bonds. The minimum atomic E-state index is 0.0438. The van der Waals surface area contributed by atoms with Crippen molar-refractivity contribution in [2.24, 2.45) is 0 Å². The Morgan fingerprint density at radius 1 is 1.41 bits per heavy atom. The predicted molar refractivity (Wildman–Crippen MR) is 77.4 cm³/mol. The van der Waals surface area contributed by atoms with Gasteiger partial charge in [0, 0.05) is 12.0 Å². The standard InChI is InChI=1S/C13H19BrClNO/c1-4-17-12-6-5-10(7-11(12)15)13(2,3)8-16-9-14/h5-7,16H,4,8-9H2,1-3H3. The predicted octanol–water partition coefficient (Wildman–Crippen LogP) is 3.96. The Kier molecular flexibility index (Phi) is 5.77. The third-order valence-corrected chi connectivity index (χ3v) is 3.37. The van der Waals surface area contributed by atoms with E-state index >= 15 is 0 Å². The fourth-order valence-electron chi connectivity index (χ4n) is 1.66. The molecular formula is C13H19BrClNO. The second kappa shape index (κ2) is 6.62. The summed E-state index contributed by atoms with van der Waals surface area (Å²) in [5.74, 6) is 0.752. The first-order valence-corrected chi connectivity index (χ1v) is 7.20. The highest BCUT2D eigenvalue weighted by Gasteiger charge is 2.21. The first-order chi connectivity index (χ1) is 8.01. The molecule has 0 heterocycles. The smallest absolute Gasteiger partial charge is 0.137 e. The van der Waals surface area contributed by atoms with Gasteiger partial charge >= 0.3 is 0 Å². The second-order valence-corrected chi connectivity index (χ2v) is 5.49. The van der Waals surface area contributed by atoms with Crippen molar-refractivity contribution in [3.05, 3.63) is 28.8 Å². The fourth-order valence-corrected chi connectivity index (χ4v) is 2.09. The lowest BCUT2D eigenvalue weighted by atomic mass is 9.84. The molecule has 0 radical (unpaired) electrons. The normalized spacial score (nSPS) is 11.6. The van der Waals surface area contributed by atoms with Gasteiger partial charge in [-0.05, 0) is 24.6 Å². The average Bonchev–Trinajstić information content (AvgIpc) is 2.29. The Labute approximate surface area is 117 Å². The molecule has 0 aromatic heterocycles. The van der Waals surface area contributed by atoms with Gasteiger partial charge < -0.3 is 10.1 Å². The maximum absolute atomic E-state index is 6.19. The van der Waals surface area contributed by atoms with Crippen LogP contribution in [0, 0.1) is 0 Å². The van der Waals surface area contributed by atoms with E-state index in [0.29, 0.717) is 11.6 Å². The van der Waals surface area contributed by atoms with Crippen LogP contribution in [0.25, 0.3) is 0 Å². The number of hydrogen-bond acceptors (Lipinski definition) is 2. The van der Waals surface area contributed by atoms with Gasteiger partial charge in [0.1, 0.15) is 5.75 Å². The van der Waals surface area contributed by atoms with Gasteiger partial charge in [-0.15, -0.1) is 0 Å². The molecule has 17 heavy (non-hydrogen) atoms. The zero-order valence-electron chi connectivity index (χ0n) is 10.5. The van der Waals surface area contributed by atoms with Gasteiger partial charge in [-0.3, -0.25) is 0 Å². The van der Waals surface area contributed by atoms with Crippen molar-refractivity contribution in [2.45, 2.75) is 26.2 Å². The zero-order chi connectivity index (χ0) is 12.9. The summed E-state index contributed by atoms with van der Waals surface area (Å²) in [7, 11) is 0. The van der Waals surface area contributed by atoms with Gasteiger partial charge in [-0.25, -0.2) is 0 Å². The molecule has 0 atom stereocenters. The summed E-state index contributed by atoms with van der Waals surface area (Å²) < 4.78 is 5.43. The van der Waals surface area contributed by atoms with Gasteiger partial charge in [0.15, 0.2) is 0 Å². The number of nitrogens with one attached hydrogen (secondary N) is 1. The number of alkyl halides is 1. The molecule has 0 fully saturated rings. The van der Waals surface area contributed by atoms with Crippen LogP contribution in [0.2, 0.25) is 5.02 Å². The Morgan fingerprint density at radius 3 is 2.65 bits per heavy atom. The summed E-state index contributed by atoms with van der Waals surface area (Å²) in [6, 6.07) is 6.01. The highest BCUT2D eigenvalue weighted by atomic mass is 79.9. The fraction of sp³-hybridized carbons (Fsp3) is 0.538. The van der Waals surface area contributed by atoms with E-state index in [2.05, 4.69) is 41.2 Å². The molecule has 1 aromatic rings. The van der Waals surface area contributed by atoms with Crippen LogP contribution in [0.1, 0.15) is 26.3 Å². The van der Waals surface area contributed by atoms with E-state index in [4.69, 9.17) is 16.3 Å². The van der Waals surface area contributed by atoms with Gasteiger partial charge in [-0.2, -0.15) is 0 Å². The molecular weight excluding hydrogens is 302 g/mol. The number of rotatable bonds is 6. The number of hydrogen-bond donors (Lipinski definition) is 1. The molecule has 0 unspecified atom stereocenters. The summed E-state index contributed by atoms with van der Waals surface area (Å²) in [6.07, 6.45) is 0. The highest BCUT2D eigenvalue weighted by molar-refractivity contribution is 9.09. The molecule has 0 saturated carbocycles. The average molecular weight is 321 g/mol. The Bertz CT molecular complexity index is 368. The van der Waals surface area contributed by atoms with Crippen LogP contribution < -0.4 is 10.1 Å². The summed E-state index contributed by atoms with van der Waals surface area (Å²) in [4.78, 5) is 0. The minimum absolute atomic E-state index is 0.0438. The van der Waals surface area contributed by atoms with E-state index < -0.39 is 0 Å². The zero-order valence-corrected chi connectivity index (χ0v) is 12.9. The van der Waals surface area contributed by atoms with Crippen molar-refractivity contribution < 1.29 is 4.74 Å². The molecule has 0 aliphatic rings. The molecule has 1 aromatic carbocycles. The molecule has 0 spiro atoms. The number of ether oxygens (including phenoxy) is 1. The Morgan fingerprint density at radius 2 is 2.12 bits per heavy atom. The van der Waals surface area contributed by atoms with Gasteiger partial charge in [0.05, 0.1) is 17.1 Å². The molecule has 0 aliphatic heterocycles. The molecule has 1 N–H and O–H groups in total. The van der Waals surface area contributed by atoms with Crippen LogP contribution in [0.15, 0.2) is 18.2 Å². The molecule has 2 nitrogen and oxygen atoms in total. The van der Waals surface area contributed by atoms with E-state index in [1.54, 1.807) is 0 Å². The molecule has 96 valence electrons. The molecule has 1 rings (SSSR count). The van der Waals surface area contributed by atoms with Crippen molar-refractivity contribution in [1.82, 2.24) is 5.32 Å². The lowest BCUT2D eigenvalue weighted by Gasteiger charge is -2.26. The van der Waals surface area contributed by atoms with Gasteiger partial charge in [0.25, 0.3) is 0 Å². The number of halogens is 2.